The summed E-state index contributed by atoms with van der Waals surface area (Å²) in [4.78, 5) is 23.8. The summed E-state index contributed by atoms with van der Waals surface area (Å²) in [5.41, 5.74) is 2.20. The number of rotatable bonds is 2. The normalized spacial score (nSPS) is 20.2. The molecule has 1 aromatic carbocycles. The smallest absolute Gasteiger partial charge is 0.419 e. The first kappa shape index (κ1) is 18.2. The minimum atomic E-state index is -0.568. The predicted molar refractivity (Wildman–Crippen MR) is 99.9 cm³/mol. The molecule has 2 aromatic rings. The molecule has 3 rings (SSSR count). The van der Waals surface area contributed by atoms with Crippen molar-refractivity contribution in [3.63, 3.8) is 0 Å². The van der Waals surface area contributed by atoms with Crippen LogP contribution in [0, 0.1) is 5.41 Å². The van der Waals surface area contributed by atoms with Crippen LogP contribution in [0.15, 0.2) is 42.3 Å². The number of hydrogen-bond acceptors (Lipinski definition) is 4. The van der Waals surface area contributed by atoms with E-state index in [1.165, 1.54) is 6.92 Å². The highest BCUT2D eigenvalue weighted by Gasteiger charge is 2.54. The van der Waals surface area contributed by atoms with Crippen LogP contribution in [-0.4, -0.2) is 22.2 Å². The number of ether oxygens (including phenoxy) is 2. The maximum atomic E-state index is 12.6. The molecule has 1 aliphatic rings. The molecule has 5 heteroatoms. The van der Waals surface area contributed by atoms with Crippen LogP contribution in [0.1, 0.15) is 53.0 Å². The Morgan fingerprint density at radius 1 is 1.19 bits per heavy atom. The summed E-state index contributed by atoms with van der Waals surface area (Å²) in [7, 11) is 0. The Kier molecular flexibility index (Phi) is 4.21. The molecule has 0 spiro atoms. The zero-order valence-electron chi connectivity index (χ0n) is 16.1. The molecule has 1 fully saturated rings. The van der Waals surface area contributed by atoms with Crippen molar-refractivity contribution in [1.82, 2.24) is 4.57 Å². The Labute approximate surface area is 153 Å². The lowest BCUT2D eigenvalue weighted by Gasteiger charge is -2.19. The fraction of sp³-hybridized carbons (Fsp3) is 0.429. The molecule has 138 valence electrons. The number of esters is 1. The van der Waals surface area contributed by atoms with Gasteiger partial charge in [0.1, 0.15) is 5.60 Å². The lowest BCUT2D eigenvalue weighted by molar-refractivity contribution is -0.135. The van der Waals surface area contributed by atoms with Gasteiger partial charge in [0.25, 0.3) is 0 Å². The third-order valence-electron chi connectivity index (χ3n) is 4.69. The predicted octanol–water partition coefficient (Wildman–Crippen LogP) is 4.99. The van der Waals surface area contributed by atoms with Crippen molar-refractivity contribution in [3.05, 3.63) is 47.9 Å². The molecule has 0 radical (unpaired) electrons. The fourth-order valence-corrected chi connectivity index (χ4v) is 3.40. The third kappa shape index (κ3) is 3.26. The molecular weight excluding hydrogens is 330 g/mol. The van der Waals surface area contributed by atoms with Gasteiger partial charge in [-0.1, -0.05) is 32.0 Å². The van der Waals surface area contributed by atoms with Crippen LogP contribution in [0.5, 0.6) is 0 Å². The average Bonchev–Trinajstić information content (AvgIpc) is 2.87. The summed E-state index contributed by atoms with van der Waals surface area (Å²) >= 11 is 0. The monoisotopic (exact) mass is 355 g/mol. The number of carbonyl (C=O) groups is 2. The van der Waals surface area contributed by atoms with Crippen molar-refractivity contribution in [2.45, 2.75) is 53.1 Å². The standard InChI is InChI=1S/C21H25NO4/c1-13(23)25-12-16-18(21(16,5)6)15-11-22(19(24)26-20(2,3)4)17-10-8-7-9-14(15)17/h7-12,18H,1-6H3/b16-12+. The Morgan fingerprint density at radius 2 is 1.85 bits per heavy atom. The topological polar surface area (TPSA) is 57.5 Å². The van der Waals surface area contributed by atoms with Crippen molar-refractivity contribution in [2.24, 2.45) is 5.41 Å². The van der Waals surface area contributed by atoms with E-state index < -0.39 is 11.7 Å². The van der Waals surface area contributed by atoms with Crippen LogP contribution >= 0.6 is 0 Å². The van der Waals surface area contributed by atoms with Crippen molar-refractivity contribution in [3.8, 4) is 0 Å². The van der Waals surface area contributed by atoms with Crippen molar-refractivity contribution in [2.75, 3.05) is 0 Å². The van der Waals surface area contributed by atoms with Gasteiger partial charge in [-0.05, 0) is 38.0 Å². The Balaban J connectivity index is 2.05. The molecule has 0 N–H and O–H groups in total. The Morgan fingerprint density at radius 3 is 2.46 bits per heavy atom. The average molecular weight is 355 g/mol. The molecule has 0 amide bonds. The summed E-state index contributed by atoms with van der Waals surface area (Å²) in [6.07, 6.45) is 3.00. The Hall–Kier alpha value is -2.56. The molecule has 1 heterocycles. The zero-order chi connectivity index (χ0) is 19.3. The molecule has 1 saturated carbocycles. The molecule has 0 saturated heterocycles. The largest absolute Gasteiger partial charge is 0.443 e. The number of hydrogen-bond donors (Lipinski definition) is 0. The van der Waals surface area contributed by atoms with Gasteiger partial charge in [-0.2, -0.15) is 0 Å². The number of para-hydroxylation sites is 1. The van der Waals surface area contributed by atoms with Crippen molar-refractivity contribution >= 4 is 23.0 Å². The second-order valence-electron chi connectivity index (χ2n) is 8.29. The lowest BCUT2D eigenvalue weighted by Crippen LogP contribution is -2.26. The van der Waals surface area contributed by atoms with E-state index in [0.717, 1.165) is 22.0 Å². The van der Waals surface area contributed by atoms with Crippen LogP contribution in [0.3, 0.4) is 0 Å². The number of allylic oxidation sites excluding steroid dienone is 1. The first-order valence-electron chi connectivity index (χ1n) is 8.73. The maximum absolute atomic E-state index is 12.6. The molecule has 1 unspecified atom stereocenters. The van der Waals surface area contributed by atoms with Crippen LogP contribution in [-0.2, 0) is 14.3 Å². The molecule has 1 aliphatic carbocycles. The number of nitrogens with zero attached hydrogens (tertiary/aromatic N) is 1. The summed E-state index contributed by atoms with van der Waals surface area (Å²) in [5, 5.41) is 1.00. The summed E-state index contributed by atoms with van der Waals surface area (Å²) in [6.45, 7) is 11.1. The second kappa shape index (κ2) is 6.01. The molecule has 26 heavy (non-hydrogen) atoms. The van der Waals surface area contributed by atoms with E-state index in [0.29, 0.717) is 0 Å². The molecular formula is C21H25NO4. The highest BCUT2D eigenvalue weighted by atomic mass is 16.6. The van der Waals surface area contributed by atoms with Crippen LogP contribution < -0.4 is 0 Å². The summed E-state index contributed by atoms with van der Waals surface area (Å²) in [6, 6.07) is 7.77. The van der Waals surface area contributed by atoms with Crippen LogP contribution in [0.4, 0.5) is 4.79 Å². The Bertz CT molecular complexity index is 912. The van der Waals surface area contributed by atoms with E-state index in [4.69, 9.17) is 9.47 Å². The lowest BCUT2D eigenvalue weighted by atomic mass is 10.0. The van der Waals surface area contributed by atoms with Gasteiger partial charge in [0.15, 0.2) is 0 Å². The van der Waals surface area contributed by atoms with Gasteiger partial charge in [0.2, 0.25) is 0 Å². The van der Waals surface area contributed by atoms with Crippen LogP contribution in [0.2, 0.25) is 0 Å². The van der Waals surface area contributed by atoms with Gasteiger partial charge in [-0.15, -0.1) is 0 Å². The van der Waals surface area contributed by atoms with E-state index >= 15 is 0 Å². The second-order valence-corrected chi connectivity index (χ2v) is 8.29. The molecule has 0 bridgehead atoms. The van der Waals surface area contributed by atoms with E-state index in [1.807, 2.05) is 51.2 Å². The van der Waals surface area contributed by atoms with Crippen molar-refractivity contribution < 1.29 is 19.1 Å². The van der Waals surface area contributed by atoms with E-state index in [-0.39, 0.29) is 17.3 Å². The van der Waals surface area contributed by atoms with Crippen molar-refractivity contribution in [1.29, 1.82) is 0 Å². The summed E-state index contributed by atoms with van der Waals surface area (Å²) < 4.78 is 12.2. The molecule has 1 atom stereocenters. The minimum absolute atomic E-state index is 0.0930. The molecule has 5 nitrogen and oxygen atoms in total. The third-order valence-corrected chi connectivity index (χ3v) is 4.69. The van der Waals surface area contributed by atoms with Gasteiger partial charge in [-0.3, -0.25) is 9.36 Å². The maximum Gasteiger partial charge on any atom is 0.419 e. The van der Waals surface area contributed by atoms with Gasteiger partial charge in [0.05, 0.1) is 11.8 Å². The highest BCUT2D eigenvalue weighted by molar-refractivity contribution is 5.93. The zero-order valence-corrected chi connectivity index (χ0v) is 16.1. The quantitative estimate of drug-likeness (QED) is 0.562. The number of carbonyl (C=O) groups excluding carboxylic acids is 2. The van der Waals surface area contributed by atoms with Gasteiger partial charge >= 0.3 is 12.1 Å². The summed E-state index contributed by atoms with van der Waals surface area (Å²) in [5.74, 6) is -0.245. The highest BCUT2D eigenvalue weighted by Crippen LogP contribution is 2.65. The number of aromatic nitrogens is 1. The van der Waals surface area contributed by atoms with E-state index in [2.05, 4.69) is 13.8 Å². The first-order valence-corrected chi connectivity index (χ1v) is 8.73. The van der Waals surface area contributed by atoms with Gasteiger partial charge in [-0.25, -0.2) is 4.79 Å². The van der Waals surface area contributed by atoms with Gasteiger partial charge < -0.3 is 9.47 Å². The van der Waals surface area contributed by atoms with Crippen LogP contribution in [0.25, 0.3) is 10.9 Å². The van der Waals surface area contributed by atoms with E-state index in [1.54, 1.807) is 10.8 Å². The minimum Gasteiger partial charge on any atom is -0.443 e. The first-order chi connectivity index (χ1) is 12.0. The number of benzene rings is 1. The van der Waals surface area contributed by atoms with E-state index in [9.17, 15) is 9.59 Å². The number of fused-ring (bicyclic) bond motifs is 1. The van der Waals surface area contributed by atoms with Gasteiger partial charge in [0, 0.05) is 29.8 Å². The fourth-order valence-electron chi connectivity index (χ4n) is 3.40. The SMILES string of the molecule is CC(=O)O/C=C1\C(c2cn(C(=O)OC(C)(C)C)c3ccccc23)C1(C)C. The molecule has 1 aromatic heterocycles. The molecule has 0 aliphatic heterocycles.